The molecule has 4 heteroatoms. The molecule has 1 aromatic heterocycles. The number of imide groups is 1. The molecule has 0 radical (unpaired) electrons. The summed E-state index contributed by atoms with van der Waals surface area (Å²) in [6.07, 6.45) is 6.33. The molecule has 1 saturated heterocycles. The Morgan fingerprint density at radius 2 is 1.75 bits per heavy atom. The van der Waals surface area contributed by atoms with Crippen LogP contribution in [0.5, 0.6) is 0 Å². The monoisotopic (exact) mass is 320 g/mol. The number of pyridine rings is 1. The lowest BCUT2D eigenvalue weighted by Gasteiger charge is -2.19. The average molecular weight is 320 g/mol. The van der Waals surface area contributed by atoms with Crippen molar-refractivity contribution in [1.29, 1.82) is 0 Å². The molecule has 2 heterocycles. The van der Waals surface area contributed by atoms with E-state index in [1.807, 2.05) is 12.1 Å². The SMILES string of the molecule is O=C1CC(Cc2cccnc2)C(=O)N1CC1Cc2ccccc2C1. The van der Waals surface area contributed by atoms with Gasteiger partial charge in [-0.25, -0.2) is 0 Å². The molecule has 2 aliphatic rings. The first-order valence-electron chi connectivity index (χ1n) is 8.50. The Labute approximate surface area is 141 Å². The summed E-state index contributed by atoms with van der Waals surface area (Å²) in [4.78, 5) is 30.6. The lowest BCUT2D eigenvalue weighted by atomic mass is 9.99. The Morgan fingerprint density at radius 1 is 1.00 bits per heavy atom. The fourth-order valence-corrected chi connectivity index (χ4v) is 3.94. The van der Waals surface area contributed by atoms with Crippen molar-refractivity contribution in [3.05, 3.63) is 65.5 Å². The Hall–Kier alpha value is -2.49. The van der Waals surface area contributed by atoms with Crippen molar-refractivity contribution in [3.8, 4) is 0 Å². The van der Waals surface area contributed by atoms with Crippen molar-refractivity contribution >= 4 is 11.8 Å². The highest BCUT2D eigenvalue weighted by Gasteiger charge is 2.40. The molecule has 1 fully saturated rings. The first kappa shape index (κ1) is 15.1. The van der Waals surface area contributed by atoms with E-state index in [2.05, 4.69) is 29.2 Å². The van der Waals surface area contributed by atoms with Gasteiger partial charge >= 0.3 is 0 Å². The molecule has 24 heavy (non-hydrogen) atoms. The number of benzene rings is 1. The number of carbonyl (C=O) groups excluding carboxylic acids is 2. The van der Waals surface area contributed by atoms with Gasteiger partial charge in [0.15, 0.2) is 0 Å². The zero-order chi connectivity index (χ0) is 16.5. The van der Waals surface area contributed by atoms with Gasteiger partial charge in [0.2, 0.25) is 11.8 Å². The van der Waals surface area contributed by atoms with Crippen molar-refractivity contribution in [2.24, 2.45) is 11.8 Å². The number of nitrogens with zero attached hydrogens (tertiary/aromatic N) is 2. The molecule has 1 aliphatic heterocycles. The first-order valence-corrected chi connectivity index (χ1v) is 8.50. The minimum absolute atomic E-state index is 0.0141. The van der Waals surface area contributed by atoms with Crippen LogP contribution in [0.15, 0.2) is 48.8 Å². The van der Waals surface area contributed by atoms with Gasteiger partial charge in [-0.05, 0) is 47.9 Å². The Morgan fingerprint density at radius 3 is 2.42 bits per heavy atom. The minimum atomic E-state index is -0.231. The Kier molecular flexibility index (Phi) is 3.89. The summed E-state index contributed by atoms with van der Waals surface area (Å²) in [5, 5.41) is 0. The fraction of sp³-hybridized carbons (Fsp3) is 0.350. The molecule has 1 unspecified atom stereocenters. The van der Waals surface area contributed by atoms with E-state index in [0.717, 1.165) is 18.4 Å². The predicted octanol–water partition coefficient (Wildman–Crippen LogP) is 2.41. The van der Waals surface area contributed by atoms with Crippen molar-refractivity contribution < 1.29 is 9.59 Å². The van der Waals surface area contributed by atoms with E-state index >= 15 is 0 Å². The number of amides is 2. The smallest absolute Gasteiger partial charge is 0.233 e. The summed E-state index contributed by atoms with van der Waals surface area (Å²) in [5.74, 6) is 0.0857. The summed E-state index contributed by atoms with van der Waals surface area (Å²) in [6, 6.07) is 12.2. The molecule has 0 saturated carbocycles. The fourth-order valence-electron chi connectivity index (χ4n) is 3.94. The van der Waals surface area contributed by atoms with Crippen LogP contribution in [0.1, 0.15) is 23.1 Å². The van der Waals surface area contributed by atoms with Crippen LogP contribution in [0.3, 0.4) is 0 Å². The number of fused-ring (bicyclic) bond motifs is 1. The topological polar surface area (TPSA) is 50.3 Å². The van der Waals surface area contributed by atoms with Gasteiger partial charge in [-0.1, -0.05) is 30.3 Å². The van der Waals surface area contributed by atoms with Crippen molar-refractivity contribution in [3.63, 3.8) is 0 Å². The van der Waals surface area contributed by atoms with Gasteiger partial charge in [0, 0.05) is 25.4 Å². The van der Waals surface area contributed by atoms with Crippen molar-refractivity contribution in [2.45, 2.75) is 25.7 Å². The third-order valence-electron chi connectivity index (χ3n) is 5.12. The minimum Gasteiger partial charge on any atom is -0.282 e. The summed E-state index contributed by atoms with van der Waals surface area (Å²) >= 11 is 0. The van der Waals surface area contributed by atoms with Crippen molar-refractivity contribution in [2.75, 3.05) is 6.54 Å². The molecule has 122 valence electrons. The van der Waals surface area contributed by atoms with Gasteiger partial charge in [-0.15, -0.1) is 0 Å². The highest BCUT2D eigenvalue weighted by molar-refractivity contribution is 6.03. The molecule has 1 aliphatic carbocycles. The van der Waals surface area contributed by atoms with E-state index in [4.69, 9.17) is 0 Å². The van der Waals surface area contributed by atoms with Gasteiger partial charge in [0.1, 0.15) is 0 Å². The highest BCUT2D eigenvalue weighted by Crippen LogP contribution is 2.30. The van der Waals surface area contributed by atoms with E-state index in [1.54, 1.807) is 12.4 Å². The Bertz CT molecular complexity index is 747. The lowest BCUT2D eigenvalue weighted by molar-refractivity contribution is -0.140. The zero-order valence-corrected chi connectivity index (χ0v) is 13.5. The van der Waals surface area contributed by atoms with Crippen LogP contribution >= 0.6 is 0 Å². The van der Waals surface area contributed by atoms with Crippen molar-refractivity contribution in [1.82, 2.24) is 9.88 Å². The second-order valence-corrected chi connectivity index (χ2v) is 6.85. The summed E-state index contributed by atoms with van der Waals surface area (Å²) < 4.78 is 0. The maximum Gasteiger partial charge on any atom is 0.233 e. The van der Waals surface area contributed by atoms with Crippen LogP contribution in [-0.2, 0) is 28.9 Å². The molecule has 2 amide bonds. The number of hydrogen-bond donors (Lipinski definition) is 0. The molecule has 1 atom stereocenters. The molecule has 0 N–H and O–H groups in total. The predicted molar refractivity (Wildman–Crippen MR) is 90.1 cm³/mol. The third kappa shape index (κ3) is 2.84. The largest absolute Gasteiger partial charge is 0.282 e. The van der Waals surface area contributed by atoms with Crippen LogP contribution in [0.25, 0.3) is 0 Å². The molecular weight excluding hydrogens is 300 g/mol. The third-order valence-corrected chi connectivity index (χ3v) is 5.12. The lowest BCUT2D eigenvalue weighted by Crippen LogP contribution is -2.35. The molecule has 4 nitrogen and oxygen atoms in total. The highest BCUT2D eigenvalue weighted by atomic mass is 16.2. The van der Waals surface area contributed by atoms with Gasteiger partial charge in [0.05, 0.1) is 5.92 Å². The van der Waals surface area contributed by atoms with Crippen LogP contribution in [0, 0.1) is 11.8 Å². The first-order chi connectivity index (χ1) is 11.7. The quantitative estimate of drug-likeness (QED) is 0.813. The summed E-state index contributed by atoms with van der Waals surface area (Å²) in [6.45, 7) is 0.551. The number of rotatable bonds is 4. The second-order valence-electron chi connectivity index (χ2n) is 6.85. The summed E-state index contributed by atoms with van der Waals surface area (Å²) in [5.41, 5.74) is 3.72. The summed E-state index contributed by atoms with van der Waals surface area (Å²) in [7, 11) is 0. The Balaban J connectivity index is 1.41. The number of aromatic nitrogens is 1. The number of carbonyl (C=O) groups is 2. The standard InChI is InChI=1S/C20H20N2O2/c23-19-11-18(8-14-4-3-7-21-12-14)20(24)22(19)13-15-9-16-5-1-2-6-17(16)10-15/h1-7,12,15,18H,8-11,13H2. The van der Waals surface area contributed by atoms with Gasteiger partial charge in [-0.2, -0.15) is 0 Å². The second kappa shape index (κ2) is 6.19. The normalized spacial score (nSPS) is 20.7. The van der Waals surface area contributed by atoms with Crippen LogP contribution in [-0.4, -0.2) is 28.2 Å². The molecule has 0 bridgehead atoms. The van der Waals surface area contributed by atoms with Gasteiger partial charge in [-0.3, -0.25) is 19.5 Å². The van der Waals surface area contributed by atoms with E-state index in [9.17, 15) is 9.59 Å². The van der Waals surface area contributed by atoms with E-state index in [0.29, 0.717) is 25.3 Å². The average Bonchev–Trinajstić information content (AvgIpc) is 3.12. The van der Waals surface area contributed by atoms with Gasteiger partial charge in [0.25, 0.3) is 0 Å². The van der Waals surface area contributed by atoms with Crippen LogP contribution in [0.4, 0.5) is 0 Å². The van der Waals surface area contributed by atoms with Crippen LogP contribution < -0.4 is 0 Å². The molecule has 1 aromatic carbocycles. The number of likely N-dealkylation sites (tertiary alicyclic amines) is 1. The van der Waals surface area contributed by atoms with E-state index in [1.165, 1.54) is 16.0 Å². The van der Waals surface area contributed by atoms with E-state index < -0.39 is 0 Å². The molecular formula is C20H20N2O2. The maximum atomic E-state index is 12.7. The molecule has 2 aromatic rings. The van der Waals surface area contributed by atoms with Gasteiger partial charge < -0.3 is 0 Å². The van der Waals surface area contributed by atoms with E-state index in [-0.39, 0.29) is 17.7 Å². The molecule has 4 rings (SSSR count). The molecule has 0 spiro atoms. The van der Waals surface area contributed by atoms with Crippen LogP contribution in [0.2, 0.25) is 0 Å². The maximum absolute atomic E-state index is 12.7. The number of hydrogen-bond acceptors (Lipinski definition) is 3. The zero-order valence-electron chi connectivity index (χ0n) is 13.5.